The maximum Gasteiger partial charge on any atom is 0.228 e. The second kappa shape index (κ2) is 5.01. The molecule has 0 aliphatic heterocycles. The van der Waals surface area contributed by atoms with E-state index >= 15 is 0 Å². The SMILES string of the molecule is CCCCOc1nc(N)nc2[nH]cc(CO)c12. The molecule has 0 bridgehead atoms. The van der Waals surface area contributed by atoms with Gasteiger partial charge in [-0.1, -0.05) is 13.3 Å². The minimum atomic E-state index is -0.0859. The number of nitrogen functional groups attached to an aromatic ring is 1. The van der Waals surface area contributed by atoms with Gasteiger partial charge in [-0.25, -0.2) is 0 Å². The number of aromatic nitrogens is 3. The van der Waals surface area contributed by atoms with Crippen molar-refractivity contribution in [2.75, 3.05) is 12.3 Å². The van der Waals surface area contributed by atoms with Crippen molar-refractivity contribution < 1.29 is 9.84 Å². The van der Waals surface area contributed by atoms with Crippen molar-refractivity contribution in [2.24, 2.45) is 0 Å². The molecule has 0 atom stereocenters. The summed E-state index contributed by atoms with van der Waals surface area (Å²) in [5, 5.41) is 9.93. The van der Waals surface area contributed by atoms with Gasteiger partial charge < -0.3 is 20.6 Å². The number of H-pyrrole nitrogens is 1. The van der Waals surface area contributed by atoms with Crippen molar-refractivity contribution in [1.29, 1.82) is 0 Å². The number of hydrogen-bond donors (Lipinski definition) is 3. The number of nitrogens with one attached hydrogen (secondary N) is 1. The quantitative estimate of drug-likeness (QED) is 0.678. The van der Waals surface area contributed by atoms with E-state index in [1.165, 1.54) is 0 Å². The van der Waals surface area contributed by atoms with Crippen molar-refractivity contribution in [1.82, 2.24) is 15.0 Å². The second-order valence-electron chi connectivity index (χ2n) is 3.78. The van der Waals surface area contributed by atoms with Crippen LogP contribution in [0.1, 0.15) is 25.3 Å². The summed E-state index contributed by atoms with van der Waals surface area (Å²) in [5.74, 6) is 0.599. The molecule has 2 rings (SSSR count). The molecule has 17 heavy (non-hydrogen) atoms. The number of aromatic amines is 1. The monoisotopic (exact) mass is 236 g/mol. The van der Waals surface area contributed by atoms with Gasteiger partial charge in [0.15, 0.2) is 0 Å². The minimum absolute atomic E-state index is 0.0859. The smallest absolute Gasteiger partial charge is 0.228 e. The third-order valence-corrected chi connectivity index (χ3v) is 2.50. The first-order valence-electron chi connectivity index (χ1n) is 5.63. The predicted octanol–water partition coefficient (Wildman–Crippen LogP) is 1.21. The second-order valence-corrected chi connectivity index (χ2v) is 3.78. The predicted molar refractivity (Wildman–Crippen MR) is 64.6 cm³/mol. The summed E-state index contributed by atoms with van der Waals surface area (Å²) in [7, 11) is 0. The maximum absolute atomic E-state index is 9.23. The van der Waals surface area contributed by atoms with Gasteiger partial charge in [-0.05, 0) is 6.42 Å². The largest absolute Gasteiger partial charge is 0.477 e. The number of aliphatic hydroxyl groups is 1. The van der Waals surface area contributed by atoms with Gasteiger partial charge in [0.25, 0.3) is 0 Å². The molecule has 2 heterocycles. The molecule has 2 aromatic heterocycles. The van der Waals surface area contributed by atoms with Crippen LogP contribution >= 0.6 is 0 Å². The molecule has 0 aliphatic rings. The Balaban J connectivity index is 2.39. The first kappa shape index (κ1) is 11.7. The van der Waals surface area contributed by atoms with Crippen LogP contribution in [0, 0.1) is 0 Å². The third-order valence-electron chi connectivity index (χ3n) is 2.50. The van der Waals surface area contributed by atoms with E-state index in [1.807, 2.05) is 0 Å². The topological polar surface area (TPSA) is 97.0 Å². The van der Waals surface area contributed by atoms with Crippen LogP contribution in [0.4, 0.5) is 5.95 Å². The molecule has 92 valence electrons. The normalized spacial score (nSPS) is 10.9. The average molecular weight is 236 g/mol. The Morgan fingerprint density at radius 2 is 2.29 bits per heavy atom. The van der Waals surface area contributed by atoms with Crippen LogP contribution in [0.15, 0.2) is 6.20 Å². The number of unbranched alkanes of at least 4 members (excludes halogenated alkanes) is 1. The van der Waals surface area contributed by atoms with Crippen LogP contribution in [-0.2, 0) is 6.61 Å². The van der Waals surface area contributed by atoms with Crippen molar-refractivity contribution in [3.63, 3.8) is 0 Å². The number of hydrogen-bond acceptors (Lipinski definition) is 5. The molecule has 0 radical (unpaired) electrons. The molecule has 6 heteroatoms. The first-order valence-corrected chi connectivity index (χ1v) is 5.63. The fourth-order valence-electron chi connectivity index (χ4n) is 1.62. The average Bonchev–Trinajstić information content (AvgIpc) is 2.72. The number of fused-ring (bicyclic) bond motifs is 1. The number of aliphatic hydroxyl groups excluding tert-OH is 1. The van der Waals surface area contributed by atoms with Crippen LogP contribution in [-0.4, -0.2) is 26.7 Å². The summed E-state index contributed by atoms with van der Waals surface area (Å²) in [6.45, 7) is 2.58. The molecule has 4 N–H and O–H groups in total. The molecular weight excluding hydrogens is 220 g/mol. The Morgan fingerprint density at radius 1 is 1.47 bits per heavy atom. The van der Waals surface area contributed by atoms with E-state index in [4.69, 9.17) is 10.5 Å². The van der Waals surface area contributed by atoms with E-state index in [-0.39, 0.29) is 12.6 Å². The van der Waals surface area contributed by atoms with Gasteiger partial charge in [-0.3, -0.25) is 0 Å². The molecule has 0 saturated carbocycles. The number of nitrogens with zero attached hydrogens (tertiary/aromatic N) is 2. The van der Waals surface area contributed by atoms with E-state index in [0.717, 1.165) is 12.8 Å². The van der Waals surface area contributed by atoms with Crippen LogP contribution in [0.2, 0.25) is 0 Å². The molecule has 0 aromatic carbocycles. The van der Waals surface area contributed by atoms with E-state index in [0.29, 0.717) is 29.1 Å². The Labute approximate surface area is 98.8 Å². The molecule has 2 aromatic rings. The van der Waals surface area contributed by atoms with Gasteiger partial charge in [-0.2, -0.15) is 9.97 Å². The maximum atomic E-state index is 9.23. The highest BCUT2D eigenvalue weighted by molar-refractivity contribution is 5.85. The molecule has 0 saturated heterocycles. The van der Waals surface area contributed by atoms with Gasteiger partial charge in [0.05, 0.1) is 18.6 Å². The summed E-state index contributed by atoms with van der Waals surface area (Å²) >= 11 is 0. The highest BCUT2D eigenvalue weighted by Gasteiger charge is 2.13. The zero-order valence-corrected chi connectivity index (χ0v) is 9.73. The van der Waals surface area contributed by atoms with E-state index < -0.39 is 0 Å². The molecule has 0 amide bonds. The van der Waals surface area contributed by atoms with Crippen LogP contribution in [0.25, 0.3) is 11.0 Å². The Bertz CT molecular complexity index is 509. The summed E-state index contributed by atoms with van der Waals surface area (Å²) in [6, 6.07) is 0. The molecule has 0 fully saturated rings. The molecular formula is C11H16N4O2. The summed E-state index contributed by atoms with van der Waals surface area (Å²) in [4.78, 5) is 11.1. The summed E-state index contributed by atoms with van der Waals surface area (Å²) in [5.41, 5.74) is 6.90. The Hall–Kier alpha value is -1.82. The van der Waals surface area contributed by atoms with Gasteiger partial charge in [0.2, 0.25) is 11.8 Å². The van der Waals surface area contributed by atoms with E-state index in [1.54, 1.807) is 6.20 Å². The van der Waals surface area contributed by atoms with Gasteiger partial charge >= 0.3 is 0 Å². The molecule has 0 aliphatic carbocycles. The van der Waals surface area contributed by atoms with Gasteiger partial charge in [-0.15, -0.1) is 0 Å². The summed E-state index contributed by atoms with van der Waals surface area (Å²) in [6.07, 6.45) is 3.68. The molecule has 0 unspecified atom stereocenters. The lowest BCUT2D eigenvalue weighted by molar-refractivity contribution is 0.280. The Kier molecular flexibility index (Phi) is 3.43. The number of rotatable bonds is 5. The van der Waals surface area contributed by atoms with Crippen molar-refractivity contribution in [3.8, 4) is 5.88 Å². The number of nitrogens with two attached hydrogens (primary N) is 1. The van der Waals surface area contributed by atoms with Crippen LogP contribution < -0.4 is 10.5 Å². The van der Waals surface area contributed by atoms with Crippen molar-refractivity contribution >= 4 is 17.0 Å². The fourth-order valence-corrected chi connectivity index (χ4v) is 1.62. The number of ether oxygens (including phenoxy) is 1. The van der Waals surface area contributed by atoms with Crippen molar-refractivity contribution in [2.45, 2.75) is 26.4 Å². The third kappa shape index (κ3) is 2.31. The standard InChI is InChI=1S/C11H16N4O2/c1-2-3-4-17-10-8-7(6-16)5-13-9(8)14-11(12)15-10/h5,16H,2-4,6H2,1H3,(H3,12,13,14,15). The molecule has 0 spiro atoms. The zero-order valence-electron chi connectivity index (χ0n) is 9.73. The lowest BCUT2D eigenvalue weighted by Gasteiger charge is -2.07. The zero-order chi connectivity index (χ0) is 12.3. The van der Waals surface area contributed by atoms with Crippen molar-refractivity contribution in [3.05, 3.63) is 11.8 Å². The minimum Gasteiger partial charge on any atom is -0.477 e. The number of anilines is 1. The lowest BCUT2D eigenvalue weighted by atomic mass is 10.2. The first-order chi connectivity index (χ1) is 8.26. The molecule has 6 nitrogen and oxygen atoms in total. The van der Waals surface area contributed by atoms with Crippen LogP contribution in [0.5, 0.6) is 5.88 Å². The lowest BCUT2D eigenvalue weighted by Crippen LogP contribution is -2.03. The van der Waals surface area contributed by atoms with Gasteiger partial charge in [0.1, 0.15) is 5.65 Å². The fraction of sp³-hybridized carbons (Fsp3) is 0.455. The van der Waals surface area contributed by atoms with Gasteiger partial charge in [0, 0.05) is 11.8 Å². The Morgan fingerprint density at radius 3 is 3.00 bits per heavy atom. The van der Waals surface area contributed by atoms with E-state index in [9.17, 15) is 5.11 Å². The van der Waals surface area contributed by atoms with E-state index in [2.05, 4.69) is 21.9 Å². The summed E-state index contributed by atoms with van der Waals surface area (Å²) < 4.78 is 5.58. The highest BCUT2D eigenvalue weighted by Crippen LogP contribution is 2.26. The van der Waals surface area contributed by atoms with Crippen LogP contribution in [0.3, 0.4) is 0 Å². The highest BCUT2D eigenvalue weighted by atomic mass is 16.5.